The number of aromatic nitrogens is 2. The van der Waals surface area contributed by atoms with Gasteiger partial charge < -0.3 is 5.32 Å². The maximum Gasteiger partial charge on any atom is 0.419 e. The van der Waals surface area contributed by atoms with Gasteiger partial charge in [-0.15, -0.1) is 0 Å². The molecular weight excluding hydrogens is 279 g/mol. The van der Waals surface area contributed by atoms with E-state index in [2.05, 4.69) is 10.4 Å². The molecule has 1 aromatic carbocycles. The summed E-state index contributed by atoms with van der Waals surface area (Å²) in [4.78, 5) is 0. The molecule has 7 heteroatoms. The highest BCUT2D eigenvalue weighted by Crippen LogP contribution is 2.30. The van der Waals surface area contributed by atoms with Crippen molar-refractivity contribution in [2.75, 3.05) is 7.05 Å². The molecule has 0 fully saturated rings. The van der Waals surface area contributed by atoms with Crippen LogP contribution in [0.5, 0.6) is 0 Å². The summed E-state index contributed by atoms with van der Waals surface area (Å²) in [5, 5.41) is 7.15. The molecular formula is C12H11ClF3N3. The Morgan fingerprint density at radius 3 is 2.68 bits per heavy atom. The van der Waals surface area contributed by atoms with Crippen LogP contribution in [0, 0.1) is 0 Å². The molecule has 2 rings (SSSR count). The van der Waals surface area contributed by atoms with Crippen molar-refractivity contribution in [3.05, 3.63) is 46.7 Å². The summed E-state index contributed by atoms with van der Waals surface area (Å²) in [7, 11) is 1.73. The van der Waals surface area contributed by atoms with E-state index in [-0.39, 0.29) is 0 Å². The molecule has 0 bridgehead atoms. The Morgan fingerprint density at radius 2 is 2.11 bits per heavy atom. The van der Waals surface area contributed by atoms with Crippen molar-refractivity contribution < 1.29 is 13.2 Å². The van der Waals surface area contributed by atoms with Gasteiger partial charge in [0.1, 0.15) is 0 Å². The number of rotatable bonds is 3. The fourth-order valence-corrected chi connectivity index (χ4v) is 1.95. The zero-order valence-corrected chi connectivity index (χ0v) is 10.8. The van der Waals surface area contributed by atoms with Crippen LogP contribution < -0.4 is 5.32 Å². The van der Waals surface area contributed by atoms with E-state index in [1.165, 1.54) is 4.68 Å². The first-order chi connectivity index (χ1) is 8.93. The Kier molecular flexibility index (Phi) is 3.82. The van der Waals surface area contributed by atoms with Crippen LogP contribution >= 0.6 is 11.6 Å². The number of benzene rings is 1. The van der Waals surface area contributed by atoms with Crippen molar-refractivity contribution in [2.24, 2.45) is 0 Å². The summed E-state index contributed by atoms with van der Waals surface area (Å²) >= 11 is 6.05. The monoisotopic (exact) mass is 289 g/mol. The largest absolute Gasteiger partial charge is 0.419 e. The summed E-state index contributed by atoms with van der Waals surface area (Å²) in [6.07, 6.45) is -2.66. The van der Waals surface area contributed by atoms with Crippen LogP contribution in [-0.2, 0) is 12.7 Å². The number of nitrogens with zero attached hydrogens (tertiary/aromatic N) is 2. The van der Waals surface area contributed by atoms with Crippen LogP contribution in [0.15, 0.2) is 30.6 Å². The van der Waals surface area contributed by atoms with Gasteiger partial charge in [-0.1, -0.05) is 17.7 Å². The van der Waals surface area contributed by atoms with Crippen molar-refractivity contribution in [2.45, 2.75) is 12.7 Å². The standard InChI is InChI=1S/C12H11ClF3N3/c1-17-6-9-10(13)3-2-4-11(9)19-7-8(5-18-19)12(14,15)16/h2-5,7,17H,6H2,1H3. The van der Waals surface area contributed by atoms with Crippen molar-refractivity contribution in [3.8, 4) is 5.69 Å². The molecule has 0 amide bonds. The molecule has 0 aliphatic heterocycles. The second kappa shape index (κ2) is 5.22. The minimum atomic E-state index is -4.40. The molecule has 19 heavy (non-hydrogen) atoms. The Labute approximate surface area is 113 Å². The molecule has 2 aromatic rings. The Balaban J connectivity index is 2.47. The highest BCUT2D eigenvalue weighted by atomic mass is 35.5. The SMILES string of the molecule is CNCc1c(Cl)cccc1-n1cc(C(F)(F)F)cn1. The molecule has 0 saturated heterocycles. The van der Waals surface area contributed by atoms with E-state index >= 15 is 0 Å². The van der Waals surface area contributed by atoms with Gasteiger partial charge in [0.2, 0.25) is 0 Å². The fraction of sp³-hybridized carbons (Fsp3) is 0.250. The Bertz CT molecular complexity index is 578. The summed E-state index contributed by atoms with van der Waals surface area (Å²) < 4.78 is 38.8. The summed E-state index contributed by atoms with van der Waals surface area (Å²) in [6.45, 7) is 0.441. The lowest BCUT2D eigenvalue weighted by Gasteiger charge is -2.11. The van der Waals surface area contributed by atoms with Gasteiger partial charge in [0.05, 0.1) is 17.4 Å². The van der Waals surface area contributed by atoms with Crippen LogP contribution in [0.1, 0.15) is 11.1 Å². The second-order valence-corrected chi connectivity index (χ2v) is 4.35. The van der Waals surface area contributed by atoms with Gasteiger partial charge in [0.15, 0.2) is 0 Å². The molecule has 0 aliphatic rings. The lowest BCUT2D eigenvalue weighted by atomic mass is 10.1. The van der Waals surface area contributed by atoms with Crippen molar-refractivity contribution in [3.63, 3.8) is 0 Å². The van der Waals surface area contributed by atoms with Crippen molar-refractivity contribution in [1.82, 2.24) is 15.1 Å². The van der Waals surface area contributed by atoms with Crippen LogP contribution in [-0.4, -0.2) is 16.8 Å². The molecule has 0 radical (unpaired) electrons. The Hall–Kier alpha value is -1.53. The predicted molar refractivity (Wildman–Crippen MR) is 66.3 cm³/mol. The van der Waals surface area contributed by atoms with Crippen LogP contribution in [0.3, 0.4) is 0 Å². The first-order valence-electron chi connectivity index (χ1n) is 5.47. The zero-order valence-electron chi connectivity index (χ0n) is 10.0. The highest BCUT2D eigenvalue weighted by molar-refractivity contribution is 6.31. The molecule has 0 spiro atoms. The second-order valence-electron chi connectivity index (χ2n) is 3.94. The predicted octanol–water partition coefficient (Wildman–Crippen LogP) is 3.26. The van der Waals surface area contributed by atoms with E-state index in [4.69, 9.17) is 11.6 Å². The molecule has 1 N–H and O–H groups in total. The number of hydrogen-bond donors (Lipinski definition) is 1. The average Bonchev–Trinajstić information content (AvgIpc) is 2.81. The van der Waals surface area contributed by atoms with Gasteiger partial charge in [-0.25, -0.2) is 4.68 Å². The molecule has 1 heterocycles. The lowest BCUT2D eigenvalue weighted by molar-refractivity contribution is -0.137. The van der Waals surface area contributed by atoms with E-state index in [9.17, 15) is 13.2 Å². The topological polar surface area (TPSA) is 29.9 Å². The van der Waals surface area contributed by atoms with E-state index in [1.54, 1.807) is 25.2 Å². The van der Waals surface area contributed by atoms with Gasteiger partial charge in [0, 0.05) is 23.3 Å². The molecule has 0 saturated carbocycles. The third kappa shape index (κ3) is 2.90. The van der Waals surface area contributed by atoms with Gasteiger partial charge in [-0.2, -0.15) is 18.3 Å². The van der Waals surface area contributed by atoms with Crippen molar-refractivity contribution in [1.29, 1.82) is 0 Å². The fourth-order valence-electron chi connectivity index (χ4n) is 1.71. The van der Waals surface area contributed by atoms with E-state index in [0.717, 1.165) is 12.4 Å². The van der Waals surface area contributed by atoms with Crippen LogP contribution in [0.4, 0.5) is 13.2 Å². The molecule has 0 aliphatic carbocycles. The summed E-state index contributed by atoms with van der Waals surface area (Å²) in [5.41, 5.74) is 0.434. The number of halogens is 4. The molecule has 1 aromatic heterocycles. The molecule has 102 valence electrons. The van der Waals surface area contributed by atoms with Crippen molar-refractivity contribution >= 4 is 11.6 Å². The van der Waals surface area contributed by atoms with Crippen LogP contribution in [0.25, 0.3) is 5.69 Å². The Morgan fingerprint density at radius 1 is 1.37 bits per heavy atom. The minimum absolute atomic E-state index is 0.441. The maximum absolute atomic E-state index is 12.6. The number of hydrogen-bond acceptors (Lipinski definition) is 2. The lowest BCUT2D eigenvalue weighted by Crippen LogP contribution is -2.10. The normalized spacial score (nSPS) is 11.8. The quantitative estimate of drug-likeness (QED) is 0.940. The molecule has 0 atom stereocenters. The highest BCUT2D eigenvalue weighted by Gasteiger charge is 2.32. The number of nitrogens with one attached hydrogen (secondary N) is 1. The average molecular weight is 290 g/mol. The van der Waals surface area contributed by atoms with Crippen LogP contribution in [0.2, 0.25) is 5.02 Å². The third-order valence-corrected chi connectivity index (χ3v) is 2.96. The maximum atomic E-state index is 12.6. The van der Waals surface area contributed by atoms with E-state index in [0.29, 0.717) is 22.8 Å². The summed E-state index contributed by atoms with van der Waals surface area (Å²) in [6, 6.07) is 5.03. The smallest absolute Gasteiger partial charge is 0.316 e. The van der Waals surface area contributed by atoms with E-state index in [1.807, 2.05) is 0 Å². The van der Waals surface area contributed by atoms with Gasteiger partial charge in [-0.3, -0.25) is 0 Å². The van der Waals surface area contributed by atoms with Gasteiger partial charge in [0.25, 0.3) is 0 Å². The van der Waals surface area contributed by atoms with Gasteiger partial charge >= 0.3 is 6.18 Å². The summed E-state index contributed by atoms with van der Waals surface area (Å²) in [5.74, 6) is 0. The zero-order chi connectivity index (χ0) is 14.0. The van der Waals surface area contributed by atoms with E-state index < -0.39 is 11.7 Å². The molecule has 0 unspecified atom stereocenters. The first-order valence-corrected chi connectivity index (χ1v) is 5.85. The molecule has 3 nitrogen and oxygen atoms in total. The minimum Gasteiger partial charge on any atom is -0.316 e. The number of alkyl halides is 3. The first kappa shape index (κ1) is 13.9. The van der Waals surface area contributed by atoms with Gasteiger partial charge in [-0.05, 0) is 19.2 Å². The third-order valence-electron chi connectivity index (χ3n) is 2.60.